The van der Waals surface area contributed by atoms with Gasteiger partial charge in [-0.15, -0.1) is 0 Å². The molecule has 2 aliphatic heterocycles. The van der Waals surface area contributed by atoms with Crippen LogP contribution < -0.4 is 10.6 Å². The highest BCUT2D eigenvalue weighted by atomic mass is 19.1. The lowest BCUT2D eigenvalue weighted by atomic mass is 9.96. The zero-order chi connectivity index (χ0) is 22.3. The first-order valence-corrected chi connectivity index (χ1v) is 11.4. The SMILES string of the molecule is O=C(NCC1CCCO1)c1ccccc1NC(=O)C1CCCN(Cc2ccccc2F)C1. The quantitative estimate of drug-likeness (QED) is 0.692. The van der Waals surface area contributed by atoms with Gasteiger partial charge in [0.2, 0.25) is 5.91 Å². The number of benzene rings is 2. The fourth-order valence-corrected chi connectivity index (χ4v) is 4.41. The van der Waals surface area contributed by atoms with Gasteiger partial charge in [-0.1, -0.05) is 30.3 Å². The Kier molecular flexibility index (Phi) is 7.50. The second-order valence-corrected chi connectivity index (χ2v) is 8.55. The van der Waals surface area contributed by atoms with E-state index in [9.17, 15) is 14.0 Å². The third-order valence-corrected chi connectivity index (χ3v) is 6.17. The summed E-state index contributed by atoms with van der Waals surface area (Å²) in [5.74, 6) is -0.760. The molecule has 0 spiro atoms. The van der Waals surface area contributed by atoms with Gasteiger partial charge < -0.3 is 15.4 Å². The number of nitrogens with one attached hydrogen (secondary N) is 2. The lowest BCUT2D eigenvalue weighted by Gasteiger charge is -2.32. The lowest BCUT2D eigenvalue weighted by Crippen LogP contribution is -2.40. The fourth-order valence-electron chi connectivity index (χ4n) is 4.41. The van der Waals surface area contributed by atoms with Gasteiger partial charge in [-0.3, -0.25) is 14.5 Å². The first-order chi connectivity index (χ1) is 15.6. The Morgan fingerprint density at radius 2 is 1.88 bits per heavy atom. The van der Waals surface area contributed by atoms with Gasteiger partial charge in [-0.25, -0.2) is 4.39 Å². The molecule has 2 atom stereocenters. The number of hydrogen-bond donors (Lipinski definition) is 2. The average molecular weight is 440 g/mol. The molecule has 2 aliphatic rings. The molecule has 7 heteroatoms. The normalized spacial score (nSPS) is 21.3. The van der Waals surface area contributed by atoms with Crippen molar-refractivity contribution >= 4 is 17.5 Å². The monoisotopic (exact) mass is 439 g/mol. The molecule has 4 rings (SSSR count). The largest absolute Gasteiger partial charge is 0.376 e. The van der Waals surface area contributed by atoms with Crippen LogP contribution >= 0.6 is 0 Å². The van der Waals surface area contributed by atoms with E-state index < -0.39 is 0 Å². The van der Waals surface area contributed by atoms with Crippen LogP contribution in [0, 0.1) is 11.7 Å². The smallest absolute Gasteiger partial charge is 0.253 e. The van der Waals surface area contributed by atoms with E-state index in [2.05, 4.69) is 15.5 Å². The van der Waals surface area contributed by atoms with Crippen LogP contribution in [-0.2, 0) is 16.1 Å². The standard InChI is InChI=1S/C25H30FN3O3/c26-22-11-3-1-7-18(22)16-29-13-5-8-19(17-29)24(30)28-23-12-4-2-10-21(23)25(31)27-15-20-9-6-14-32-20/h1-4,7,10-12,19-20H,5-6,8-9,13-17H2,(H,27,31)(H,28,30). The zero-order valence-corrected chi connectivity index (χ0v) is 18.2. The molecule has 6 nitrogen and oxygen atoms in total. The van der Waals surface area contributed by atoms with Crippen LogP contribution in [0.2, 0.25) is 0 Å². The summed E-state index contributed by atoms with van der Waals surface area (Å²) in [5.41, 5.74) is 1.59. The number of ether oxygens (including phenoxy) is 1. The van der Waals surface area contributed by atoms with Crippen LogP contribution in [0.4, 0.5) is 10.1 Å². The minimum atomic E-state index is -0.221. The summed E-state index contributed by atoms with van der Waals surface area (Å²) in [6, 6.07) is 13.8. The molecule has 2 heterocycles. The van der Waals surface area contributed by atoms with E-state index in [0.717, 1.165) is 38.8 Å². The molecule has 32 heavy (non-hydrogen) atoms. The Labute approximate surface area is 188 Å². The number of carbonyl (C=O) groups excluding carboxylic acids is 2. The maximum atomic E-state index is 14.0. The molecule has 170 valence electrons. The number of hydrogen-bond acceptors (Lipinski definition) is 4. The molecule has 2 aromatic carbocycles. The van der Waals surface area contributed by atoms with E-state index >= 15 is 0 Å². The first-order valence-electron chi connectivity index (χ1n) is 11.4. The summed E-state index contributed by atoms with van der Waals surface area (Å²) in [4.78, 5) is 27.8. The van der Waals surface area contributed by atoms with Crippen molar-refractivity contribution in [3.05, 3.63) is 65.5 Å². The summed E-state index contributed by atoms with van der Waals surface area (Å²) < 4.78 is 19.6. The molecule has 0 bridgehead atoms. The van der Waals surface area contributed by atoms with Crippen molar-refractivity contribution in [3.8, 4) is 0 Å². The summed E-state index contributed by atoms with van der Waals surface area (Å²) in [6.07, 6.45) is 3.67. The molecule has 0 aromatic heterocycles. The number of likely N-dealkylation sites (tertiary alicyclic amines) is 1. The van der Waals surface area contributed by atoms with E-state index in [1.165, 1.54) is 6.07 Å². The number of amides is 2. The van der Waals surface area contributed by atoms with Crippen molar-refractivity contribution in [1.82, 2.24) is 10.2 Å². The Hall–Kier alpha value is -2.77. The van der Waals surface area contributed by atoms with Crippen LogP contribution in [0.3, 0.4) is 0 Å². The molecule has 0 saturated carbocycles. The second kappa shape index (κ2) is 10.7. The average Bonchev–Trinajstić information content (AvgIpc) is 3.33. The molecular formula is C25H30FN3O3. The van der Waals surface area contributed by atoms with Crippen molar-refractivity contribution in [1.29, 1.82) is 0 Å². The number of carbonyl (C=O) groups is 2. The zero-order valence-electron chi connectivity index (χ0n) is 18.2. The van der Waals surface area contributed by atoms with Crippen molar-refractivity contribution in [2.24, 2.45) is 5.92 Å². The van der Waals surface area contributed by atoms with Crippen LogP contribution in [0.1, 0.15) is 41.6 Å². The van der Waals surface area contributed by atoms with Crippen molar-refractivity contribution in [2.75, 3.05) is 31.6 Å². The van der Waals surface area contributed by atoms with Crippen LogP contribution in [0.15, 0.2) is 48.5 Å². The number of piperidine rings is 1. The van der Waals surface area contributed by atoms with Crippen LogP contribution in [-0.4, -0.2) is 49.1 Å². The van der Waals surface area contributed by atoms with Gasteiger partial charge in [0, 0.05) is 31.8 Å². The Balaban J connectivity index is 1.36. The molecule has 2 aromatic rings. The van der Waals surface area contributed by atoms with Gasteiger partial charge in [0.05, 0.1) is 23.3 Å². The first kappa shape index (κ1) is 22.4. The van der Waals surface area contributed by atoms with Crippen molar-refractivity contribution in [2.45, 2.75) is 38.3 Å². The van der Waals surface area contributed by atoms with Crippen LogP contribution in [0.25, 0.3) is 0 Å². The van der Waals surface area contributed by atoms with E-state index in [0.29, 0.717) is 36.4 Å². The lowest BCUT2D eigenvalue weighted by molar-refractivity contribution is -0.121. The fraction of sp³-hybridized carbons (Fsp3) is 0.440. The van der Waals surface area contributed by atoms with Gasteiger partial charge in [0.1, 0.15) is 5.82 Å². The van der Waals surface area contributed by atoms with E-state index in [-0.39, 0.29) is 29.7 Å². The molecule has 2 saturated heterocycles. The van der Waals surface area contributed by atoms with E-state index in [4.69, 9.17) is 4.74 Å². The Morgan fingerprint density at radius 3 is 2.69 bits per heavy atom. The molecule has 2 N–H and O–H groups in total. The molecule has 2 amide bonds. The summed E-state index contributed by atoms with van der Waals surface area (Å²) in [6.45, 7) is 3.09. The highest BCUT2D eigenvalue weighted by Gasteiger charge is 2.27. The van der Waals surface area contributed by atoms with Gasteiger partial charge in [-0.05, 0) is 50.4 Å². The minimum Gasteiger partial charge on any atom is -0.376 e. The third-order valence-electron chi connectivity index (χ3n) is 6.17. The summed E-state index contributed by atoms with van der Waals surface area (Å²) in [7, 11) is 0. The minimum absolute atomic E-state index is 0.0587. The number of para-hydroxylation sites is 1. The maximum absolute atomic E-state index is 14.0. The summed E-state index contributed by atoms with van der Waals surface area (Å²) >= 11 is 0. The van der Waals surface area contributed by atoms with E-state index in [1.54, 1.807) is 36.4 Å². The van der Waals surface area contributed by atoms with Crippen LogP contribution in [0.5, 0.6) is 0 Å². The molecule has 0 aliphatic carbocycles. The van der Waals surface area contributed by atoms with Gasteiger partial charge >= 0.3 is 0 Å². The predicted octanol–water partition coefficient (Wildman–Crippen LogP) is 3.59. The highest BCUT2D eigenvalue weighted by Crippen LogP contribution is 2.23. The predicted molar refractivity (Wildman–Crippen MR) is 121 cm³/mol. The van der Waals surface area contributed by atoms with Gasteiger partial charge in [-0.2, -0.15) is 0 Å². The molecule has 0 radical (unpaired) electrons. The summed E-state index contributed by atoms with van der Waals surface area (Å²) in [5, 5.41) is 5.87. The Bertz CT molecular complexity index is 946. The van der Waals surface area contributed by atoms with Crippen molar-refractivity contribution < 1.29 is 18.7 Å². The maximum Gasteiger partial charge on any atom is 0.253 e. The highest BCUT2D eigenvalue weighted by molar-refractivity contribution is 6.04. The third kappa shape index (κ3) is 5.72. The van der Waals surface area contributed by atoms with Crippen molar-refractivity contribution in [3.63, 3.8) is 0 Å². The Morgan fingerprint density at radius 1 is 1.06 bits per heavy atom. The second-order valence-electron chi connectivity index (χ2n) is 8.55. The number of halogens is 1. The topological polar surface area (TPSA) is 70.7 Å². The molecule has 2 unspecified atom stereocenters. The molecular weight excluding hydrogens is 409 g/mol. The number of nitrogens with zero attached hydrogens (tertiary/aromatic N) is 1. The van der Waals surface area contributed by atoms with Gasteiger partial charge in [0.25, 0.3) is 5.91 Å². The molecule has 2 fully saturated rings. The number of anilines is 1. The van der Waals surface area contributed by atoms with Gasteiger partial charge in [0.15, 0.2) is 0 Å². The number of rotatable bonds is 7. The van der Waals surface area contributed by atoms with E-state index in [1.807, 2.05) is 6.07 Å².